The van der Waals surface area contributed by atoms with Crippen molar-refractivity contribution in [1.29, 1.82) is 0 Å². The lowest BCUT2D eigenvalue weighted by Crippen LogP contribution is -2.20. The molecule has 0 bridgehead atoms. The number of carbonyl (C=O) groups is 1. The summed E-state index contributed by atoms with van der Waals surface area (Å²) >= 11 is 0. The van der Waals surface area contributed by atoms with Crippen molar-refractivity contribution < 1.29 is 9.21 Å². The number of carbonyl (C=O) groups excluding carboxylic acids is 1. The summed E-state index contributed by atoms with van der Waals surface area (Å²) in [5.74, 6) is 1.84. The number of aryl methyl sites for hydroxylation is 1. The maximum atomic E-state index is 12.6. The van der Waals surface area contributed by atoms with E-state index in [-0.39, 0.29) is 5.56 Å². The van der Waals surface area contributed by atoms with E-state index in [1.54, 1.807) is 36.4 Å². The van der Waals surface area contributed by atoms with Crippen molar-refractivity contribution in [2.75, 3.05) is 28.6 Å². The van der Waals surface area contributed by atoms with E-state index in [9.17, 15) is 9.59 Å². The largest absolute Gasteiger partial charge is 0.422 e. The molecule has 0 aliphatic carbocycles. The monoisotopic (exact) mass is 441 g/mol. The van der Waals surface area contributed by atoms with Gasteiger partial charge in [-0.2, -0.15) is 0 Å². The van der Waals surface area contributed by atoms with Crippen LogP contribution in [0.25, 0.3) is 11.0 Å². The molecule has 166 valence electrons. The minimum absolute atomic E-state index is 0.0400. The smallest absolute Gasteiger partial charge is 0.349 e. The summed E-state index contributed by atoms with van der Waals surface area (Å²) in [5, 5.41) is 6.74. The Hall–Kier alpha value is -4.20. The molecule has 3 heterocycles. The SMILES string of the molecule is Cc1nc(Nc2ccc(NC(=O)c3cc4ccccc4oc3=O)cc2)cc(N2CCCC2)n1. The number of aromatic nitrogens is 2. The van der Waals surface area contributed by atoms with Crippen LogP contribution in [0, 0.1) is 6.92 Å². The fraction of sp³-hybridized carbons (Fsp3) is 0.200. The lowest BCUT2D eigenvalue weighted by molar-refractivity contribution is 0.102. The van der Waals surface area contributed by atoms with Crippen molar-refractivity contribution in [3.63, 3.8) is 0 Å². The Balaban J connectivity index is 1.30. The summed E-state index contributed by atoms with van der Waals surface area (Å²) in [6, 6.07) is 17.8. The Morgan fingerprint density at radius 3 is 2.48 bits per heavy atom. The van der Waals surface area contributed by atoms with Crippen LogP contribution in [-0.2, 0) is 0 Å². The summed E-state index contributed by atoms with van der Waals surface area (Å²) in [7, 11) is 0. The van der Waals surface area contributed by atoms with Gasteiger partial charge in [0.15, 0.2) is 0 Å². The molecule has 1 amide bonds. The molecular formula is C25H23N5O3. The second-order valence-electron chi connectivity index (χ2n) is 7.99. The number of nitrogens with zero attached hydrogens (tertiary/aromatic N) is 3. The van der Waals surface area contributed by atoms with Crippen LogP contribution in [0.2, 0.25) is 0 Å². The maximum Gasteiger partial charge on any atom is 0.349 e. The summed E-state index contributed by atoms with van der Waals surface area (Å²) in [5.41, 5.74) is 1.12. The zero-order valence-corrected chi connectivity index (χ0v) is 18.2. The van der Waals surface area contributed by atoms with Crippen molar-refractivity contribution in [2.45, 2.75) is 19.8 Å². The molecule has 2 N–H and O–H groups in total. The van der Waals surface area contributed by atoms with Gasteiger partial charge in [-0.15, -0.1) is 0 Å². The van der Waals surface area contributed by atoms with Crippen molar-refractivity contribution in [3.05, 3.63) is 82.5 Å². The molecule has 2 aromatic heterocycles. The highest BCUT2D eigenvalue weighted by atomic mass is 16.4. The van der Waals surface area contributed by atoms with Gasteiger partial charge in [-0.3, -0.25) is 4.79 Å². The Bertz CT molecular complexity index is 1380. The van der Waals surface area contributed by atoms with E-state index >= 15 is 0 Å². The molecule has 8 nitrogen and oxygen atoms in total. The second kappa shape index (κ2) is 8.74. The van der Waals surface area contributed by atoms with Gasteiger partial charge < -0.3 is 20.0 Å². The summed E-state index contributed by atoms with van der Waals surface area (Å²) in [6.45, 7) is 3.91. The van der Waals surface area contributed by atoms with Gasteiger partial charge in [0, 0.05) is 35.9 Å². The zero-order chi connectivity index (χ0) is 22.8. The van der Waals surface area contributed by atoms with Gasteiger partial charge in [0.05, 0.1) is 0 Å². The Labute approximate surface area is 190 Å². The average Bonchev–Trinajstić information content (AvgIpc) is 3.35. The average molecular weight is 441 g/mol. The van der Waals surface area contributed by atoms with Crippen LogP contribution in [-0.4, -0.2) is 29.0 Å². The van der Waals surface area contributed by atoms with Gasteiger partial charge in [-0.25, -0.2) is 14.8 Å². The molecule has 5 rings (SSSR count). The van der Waals surface area contributed by atoms with Gasteiger partial charge in [-0.1, -0.05) is 18.2 Å². The summed E-state index contributed by atoms with van der Waals surface area (Å²) in [6.07, 6.45) is 2.36. The molecule has 0 spiro atoms. The van der Waals surface area contributed by atoms with Crippen LogP contribution in [0.5, 0.6) is 0 Å². The molecule has 33 heavy (non-hydrogen) atoms. The van der Waals surface area contributed by atoms with Crippen molar-refractivity contribution >= 4 is 39.9 Å². The lowest BCUT2D eigenvalue weighted by atomic mass is 10.1. The van der Waals surface area contributed by atoms with Crippen molar-refractivity contribution in [1.82, 2.24) is 9.97 Å². The third kappa shape index (κ3) is 4.55. The lowest BCUT2D eigenvalue weighted by Gasteiger charge is -2.18. The number of benzene rings is 2. The van der Waals surface area contributed by atoms with E-state index in [1.807, 2.05) is 31.2 Å². The Kier molecular flexibility index (Phi) is 5.48. The number of hydrogen-bond acceptors (Lipinski definition) is 7. The van der Waals surface area contributed by atoms with Crippen LogP contribution in [0.4, 0.5) is 23.0 Å². The van der Waals surface area contributed by atoms with E-state index in [4.69, 9.17) is 4.42 Å². The Morgan fingerprint density at radius 2 is 1.70 bits per heavy atom. The van der Waals surface area contributed by atoms with Crippen LogP contribution in [0.15, 0.2) is 69.9 Å². The Morgan fingerprint density at radius 1 is 0.970 bits per heavy atom. The third-order valence-electron chi connectivity index (χ3n) is 5.56. The first-order valence-corrected chi connectivity index (χ1v) is 10.9. The van der Waals surface area contributed by atoms with Gasteiger partial charge >= 0.3 is 5.63 Å². The topological polar surface area (TPSA) is 100 Å². The fourth-order valence-corrected chi connectivity index (χ4v) is 3.93. The standard InChI is InChI=1S/C25H23N5O3/c1-16-26-22(15-23(27-16)30-12-4-5-13-30)28-18-8-10-19(11-9-18)29-24(31)20-14-17-6-2-3-7-21(17)33-25(20)32/h2-3,6-11,14-15H,4-5,12-13H2,1H3,(H,29,31)(H,26,27,28). The first-order chi connectivity index (χ1) is 16.0. The van der Waals surface area contributed by atoms with Crippen LogP contribution in [0.1, 0.15) is 29.0 Å². The fourth-order valence-electron chi connectivity index (χ4n) is 3.93. The number of fused-ring (bicyclic) bond motifs is 1. The van der Waals surface area contributed by atoms with Gasteiger partial charge in [0.25, 0.3) is 5.91 Å². The normalized spacial score (nSPS) is 13.3. The van der Waals surface area contributed by atoms with E-state index in [2.05, 4.69) is 25.5 Å². The summed E-state index contributed by atoms with van der Waals surface area (Å²) in [4.78, 5) is 36.2. The molecule has 0 unspecified atom stereocenters. The number of hydrogen-bond donors (Lipinski definition) is 2. The third-order valence-corrected chi connectivity index (χ3v) is 5.56. The maximum absolute atomic E-state index is 12.6. The predicted molar refractivity (Wildman–Crippen MR) is 128 cm³/mol. The van der Waals surface area contributed by atoms with Crippen molar-refractivity contribution in [3.8, 4) is 0 Å². The molecular weight excluding hydrogens is 418 g/mol. The minimum atomic E-state index is -0.669. The highest BCUT2D eigenvalue weighted by Crippen LogP contribution is 2.24. The quantitative estimate of drug-likeness (QED) is 0.440. The predicted octanol–water partition coefficient (Wildman–Crippen LogP) is 4.49. The van der Waals surface area contributed by atoms with E-state index in [1.165, 1.54) is 12.8 Å². The van der Waals surface area contributed by atoms with Crippen molar-refractivity contribution in [2.24, 2.45) is 0 Å². The molecule has 0 saturated carbocycles. The first-order valence-electron chi connectivity index (χ1n) is 10.9. The number of amides is 1. The molecule has 0 atom stereocenters. The van der Waals surface area contributed by atoms with Crippen LogP contribution >= 0.6 is 0 Å². The van der Waals surface area contributed by atoms with Gasteiger partial charge in [0.1, 0.15) is 28.6 Å². The summed E-state index contributed by atoms with van der Waals surface area (Å²) < 4.78 is 5.25. The molecule has 1 fully saturated rings. The van der Waals surface area contributed by atoms with Crippen LogP contribution in [0.3, 0.4) is 0 Å². The number of rotatable bonds is 5. The molecule has 2 aromatic carbocycles. The molecule has 1 aliphatic heterocycles. The minimum Gasteiger partial charge on any atom is -0.422 e. The highest BCUT2D eigenvalue weighted by molar-refractivity contribution is 6.05. The zero-order valence-electron chi connectivity index (χ0n) is 18.2. The number of para-hydroxylation sites is 1. The molecule has 4 aromatic rings. The van der Waals surface area contributed by atoms with Crippen LogP contribution < -0.4 is 21.2 Å². The molecule has 0 radical (unpaired) electrons. The van der Waals surface area contributed by atoms with E-state index in [0.717, 1.165) is 30.4 Å². The van der Waals surface area contributed by atoms with E-state index in [0.29, 0.717) is 22.5 Å². The number of nitrogens with one attached hydrogen (secondary N) is 2. The van der Waals surface area contributed by atoms with Gasteiger partial charge in [-0.05, 0) is 56.2 Å². The molecule has 1 saturated heterocycles. The highest BCUT2D eigenvalue weighted by Gasteiger charge is 2.16. The number of anilines is 4. The van der Waals surface area contributed by atoms with Gasteiger partial charge in [0.2, 0.25) is 0 Å². The second-order valence-corrected chi connectivity index (χ2v) is 7.99. The molecule has 8 heteroatoms. The van der Waals surface area contributed by atoms with E-state index < -0.39 is 11.5 Å². The molecule has 1 aliphatic rings. The first kappa shape index (κ1) is 20.7.